The second kappa shape index (κ2) is 4.57. The Labute approximate surface area is 94.8 Å². The van der Waals surface area contributed by atoms with Crippen molar-refractivity contribution in [3.63, 3.8) is 0 Å². The van der Waals surface area contributed by atoms with E-state index in [1.165, 1.54) is 12.1 Å². The Bertz CT molecular complexity index is 396. The fourth-order valence-corrected chi connectivity index (χ4v) is 1.47. The molecule has 0 aliphatic rings. The van der Waals surface area contributed by atoms with E-state index in [9.17, 15) is 14.5 Å². The van der Waals surface area contributed by atoms with Gasteiger partial charge in [0.2, 0.25) is 5.82 Å². The molecule has 0 unspecified atom stereocenters. The molecule has 0 radical (unpaired) electrons. The van der Waals surface area contributed by atoms with Gasteiger partial charge in [0.1, 0.15) is 5.69 Å². The number of halogens is 2. The summed E-state index contributed by atoms with van der Waals surface area (Å²) >= 11 is 2.91. The van der Waals surface area contributed by atoms with Crippen molar-refractivity contribution in [3.05, 3.63) is 32.5 Å². The zero-order valence-electron chi connectivity index (χ0n) is 8.25. The van der Waals surface area contributed by atoms with E-state index in [1.54, 1.807) is 0 Å². The number of anilines is 1. The van der Waals surface area contributed by atoms with Crippen LogP contribution >= 0.6 is 15.9 Å². The van der Waals surface area contributed by atoms with Gasteiger partial charge >= 0.3 is 5.69 Å². The molecular weight excluding hydrogens is 267 g/mol. The second-order valence-corrected chi connectivity index (χ2v) is 4.17. The lowest BCUT2D eigenvalue weighted by Crippen LogP contribution is -2.12. The monoisotopic (exact) mass is 276 g/mol. The van der Waals surface area contributed by atoms with Crippen molar-refractivity contribution in [2.24, 2.45) is 0 Å². The average molecular weight is 277 g/mol. The number of nitrogens with one attached hydrogen (secondary N) is 1. The molecule has 0 spiro atoms. The minimum absolute atomic E-state index is 0.00396. The van der Waals surface area contributed by atoms with Crippen LogP contribution in [-0.2, 0) is 0 Å². The summed E-state index contributed by atoms with van der Waals surface area (Å²) in [6, 6.07) is 2.92. The Hall–Kier alpha value is -1.17. The van der Waals surface area contributed by atoms with Crippen molar-refractivity contribution in [1.29, 1.82) is 0 Å². The number of nitro benzene ring substituents is 1. The highest BCUT2D eigenvalue weighted by atomic mass is 79.9. The van der Waals surface area contributed by atoms with Crippen molar-refractivity contribution >= 4 is 27.3 Å². The van der Waals surface area contributed by atoms with Crippen LogP contribution in [0.4, 0.5) is 15.8 Å². The lowest BCUT2D eigenvalue weighted by molar-refractivity contribution is -0.386. The molecule has 0 amide bonds. The van der Waals surface area contributed by atoms with E-state index < -0.39 is 16.4 Å². The first-order valence-electron chi connectivity index (χ1n) is 4.32. The van der Waals surface area contributed by atoms with Crippen LogP contribution in [0.2, 0.25) is 0 Å². The largest absolute Gasteiger partial charge is 0.377 e. The van der Waals surface area contributed by atoms with Gasteiger partial charge in [0, 0.05) is 6.04 Å². The Balaban J connectivity index is 3.27. The minimum Gasteiger partial charge on any atom is -0.377 e. The van der Waals surface area contributed by atoms with Crippen LogP contribution < -0.4 is 5.32 Å². The van der Waals surface area contributed by atoms with Gasteiger partial charge in [-0.1, -0.05) is 0 Å². The smallest absolute Gasteiger partial charge is 0.328 e. The number of benzene rings is 1. The molecule has 0 bridgehead atoms. The number of hydrogen-bond acceptors (Lipinski definition) is 3. The van der Waals surface area contributed by atoms with Crippen LogP contribution in [0.5, 0.6) is 0 Å². The van der Waals surface area contributed by atoms with Crippen molar-refractivity contribution in [1.82, 2.24) is 0 Å². The van der Waals surface area contributed by atoms with Crippen molar-refractivity contribution in [2.75, 3.05) is 5.32 Å². The molecule has 1 aromatic rings. The summed E-state index contributed by atoms with van der Waals surface area (Å²) in [5.41, 5.74) is -0.339. The summed E-state index contributed by atoms with van der Waals surface area (Å²) in [6.07, 6.45) is 0. The Morgan fingerprint density at radius 3 is 2.60 bits per heavy atom. The summed E-state index contributed by atoms with van der Waals surface area (Å²) in [5.74, 6) is -0.856. The van der Waals surface area contributed by atoms with Crippen LogP contribution in [0.3, 0.4) is 0 Å². The van der Waals surface area contributed by atoms with Gasteiger partial charge in [0.15, 0.2) is 0 Å². The highest BCUT2D eigenvalue weighted by Gasteiger charge is 2.22. The molecule has 0 saturated carbocycles. The highest BCUT2D eigenvalue weighted by molar-refractivity contribution is 9.10. The summed E-state index contributed by atoms with van der Waals surface area (Å²) in [6.45, 7) is 3.65. The van der Waals surface area contributed by atoms with Gasteiger partial charge in [-0.05, 0) is 41.9 Å². The van der Waals surface area contributed by atoms with E-state index in [4.69, 9.17) is 0 Å². The first kappa shape index (κ1) is 11.9. The fourth-order valence-electron chi connectivity index (χ4n) is 1.15. The predicted octanol–water partition coefficient (Wildman–Crippen LogP) is 3.32. The van der Waals surface area contributed by atoms with E-state index in [0.29, 0.717) is 0 Å². The maximum Gasteiger partial charge on any atom is 0.328 e. The average Bonchev–Trinajstić information content (AvgIpc) is 2.10. The zero-order chi connectivity index (χ0) is 11.6. The summed E-state index contributed by atoms with van der Waals surface area (Å²) in [4.78, 5) is 9.95. The summed E-state index contributed by atoms with van der Waals surface area (Å²) < 4.78 is 13.5. The molecule has 82 valence electrons. The van der Waals surface area contributed by atoms with E-state index in [1.807, 2.05) is 13.8 Å². The maximum absolute atomic E-state index is 13.4. The molecule has 1 N–H and O–H groups in total. The molecule has 0 atom stereocenters. The maximum atomic E-state index is 13.4. The molecule has 0 heterocycles. The van der Waals surface area contributed by atoms with Crippen molar-refractivity contribution in [2.45, 2.75) is 19.9 Å². The summed E-state index contributed by atoms with van der Waals surface area (Å²) in [5, 5.41) is 13.5. The Kier molecular flexibility index (Phi) is 3.62. The van der Waals surface area contributed by atoms with Gasteiger partial charge in [0.05, 0.1) is 9.40 Å². The predicted molar refractivity (Wildman–Crippen MR) is 59.5 cm³/mol. The normalized spacial score (nSPS) is 10.5. The fraction of sp³-hybridized carbons (Fsp3) is 0.333. The van der Waals surface area contributed by atoms with E-state index in [-0.39, 0.29) is 16.2 Å². The van der Waals surface area contributed by atoms with E-state index in [0.717, 1.165) is 0 Å². The first-order chi connectivity index (χ1) is 6.93. The molecule has 1 aromatic carbocycles. The molecule has 15 heavy (non-hydrogen) atoms. The molecule has 1 rings (SSSR count). The molecule has 0 aromatic heterocycles. The number of nitrogens with zero attached hydrogens (tertiary/aromatic N) is 1. The molecular formula is C9H10BrFN2O2. The number of nitro groups is 1. The van der Waals surface area contributed by atoms with Crippen molar-refractivity contribution < 1.29 is 9.31 Å². The molecule has 4 nitrogen and oxygen atoms in total. The summed E-state index contributed by atoms with van der Waals surface area (Å²) in [7, 11) is 0. The molecule has 0 saturated heterocycles. The SMILES string of the molecule is CC(C)Nc1ccc(Br)c(F)c1[N+](=O)[O-]. The van der Waals surface area contributed by atoms with Crippen LogP contribution in [-0.4, -0.2) is 11.0 Å². The van der Waals surface area contributed by atoms with E-state index >= 15 is 0 Å². The Morgan fingerprint density at radius 1 is 1.53 bits per heavy atom. The lowest BCUT2D eigenvalue weighted by atomic mass is 10.2. The van der Waals surface area contributed by atoms with Gasteiger partial charge in [-0.3, -0.25) is 10.1 Å². The Morgan fingerprint density at radius 2 is 2.13 bits per heavy atom. The highest BCUT2D eigenvalue weighted by Crippen LogP contribution is 2.32. The van der Waals surface area contributed by atoms with Gasteiger partial charge in [-0.15, -0.1) is 0 Å². The topological polar surface area (TPSA) is 55.2 Å². The van der Waals surface area contributed by atoms with Crippen LogP contribution in [0.15, 0.2) is 16.6 Å². The van der Waals surface area contributed by atoms with Gasteiger partial charge in [0.25, 0.3) is 0 Å². The molecule has 0 aliphatic heterocycles. The third kappa shape index (κ3) is 2.65. The van der Waals surface area contributed by atoms with Gasteiger partial charge in [-0.25, -0.2) is 0 Å². The molecule has 6 heteroatoms. The molecule has 0 aliphatic carbocycles. The second-order valence-electron chi connectivity index (χ2n) is 3.31. The van der Waals surface area contributed by atoms with Crippen LogP contribution in [0.25, 0.3) is 0 Å². The third-order valence-electron chi connectivity index (χ3n) is 1.70. The minimum atomic E-state index is -0.856. The van der Waals surface area contributed by atoms with Crippen molar-refractivity contribution in [3.8, 4) is 0 Å². The zero-order valence-corrected chi connectivity index (χ0v) is 9.84. The number of hydrogen-bond donors (Lipinski definition) is 1. The quantitative estimate of drug-likeness (QED) is 0.681. The standard InChI is InChI=1S/C9H10BrFN2O2/c1-5(2)12-7-4-3-6(10)8(11)9(7)13(14)15/h3-5,12H,1-2H3. The van der Waals surface area contributed by atoms with E-state index in [2.05, 4.69) is 21.2 Å². The number of rotatable bonds is 3. The van der Waals surface area contributed by atoms with Gasteiger partial charge in [-0.2, -0.15) is 4.39 Å². The lowest BCUT2D eigenvalue weighted by Gasteiger charge is -2.10. The first-order valence-corrected chi connectivity index (χ1v) is 5.11. The third-order valence-corrected chi connectivity index (χ3v) is 2.31. The van der Waals surface area contributed by atoms with Crippen LogP contribution in [0, 0.1) is 15.9 Å². The van der Waals surface area contributed by atoms with Gasteiger partial charge < -0.3 is 5.32 Å². The van der Waals surface area contributed by atoms with Crippen LogP contribution in [0.1, 0.15) is 13.8 Å². The molecule has 0 fully saturated rings.